The van der Waals surface area contributed by atoms with Gasteiger partial charge in [0.25, 0.3) is 0 Å². The van der Waals surface area contributed by atoms with Crippen LogP contribution in [-0.4, -0.2) is 21.1 Å². The Bertz CT molecular complexity index is 1060. The topological polar surface area (TPSA) is 79.5 Å². The number of aromatic carboxylic acids is 1. The lowest BCUT2D eigenvalue weighted by Crippen LogP contribution is -2.30. The standard InChI is InChI=1S/C24H27N3O2S/c1-24(2)10-9-20-19(12-24)21(23(28)29)22(30-20)18-8-4-3-7-17(18)15-27(25)14-16-6-5-11-26-13-16/h3-8,11,13H,9-10,12,14-15,25H2,1-2H3,(H,28,29). The average molecular weight is 422 g/mol. The van der Waals surface area contributed by atoms with Crippen LogP contribution in [0.15, 0.2) is 48.8 Å². The summed E-state index contributed by atoms with van der Waals surface area (Å²) in [5.41, 5.74) is 4.67. The summed E-state index contributed by atoms with van der Waals surface area (Å²) >= 11 is 1.64. The predicted octanol–water partition coefficient (Wildman–Crippen LogP) is 4.90. The van der Waals surface area contributed by atoms with Gasteiger partial charge >= 0.3 is 5.97 Å². The third-order valence-corrected chi connectivity index (χ3v) is 7.06. The van der Waals surface area contributed by atoms with Gasteiger partial charge in [-0.1, -0.05) is 44.2 Å². The van der Waals surface area contributed by atoms with E-state index in [1.807, 2.05) is 42.6 Å². The Morgan fingerprint density at radius 2 is 2.03 bits per heavy atom. The SMILES string of the molecule is CC1(C)CCc2sc(-c3ccccc3CN(N)Cc3cccnc3)c(C(=O)O)c2C1. The Hall–Kier alpha value is -2.54. The number of hydrazine groups is 1. The smallest absolute Gasteiger partial charge is 0.337 e. The van der Waals surface area contributed by atoms with Crippen molar-refractivity contribution in [2.45, 2.75) is 46.2 Å². The number of carboxylic acids is 1. The van der Waals surface area contributed by atoms with E-state index in [1.54, 1.807) is 22.5 Å². The number of thiophene rings is 1. The number of benzene rings is 1. The summed E-state index contributed by atoms with van der Waals surface area (Å²) < 4.78 is 0. The number of aromatic nitrogens is 1. The number of aryl methyl sites for hydroxylation is 1. The fraction of sp³-hybridized carbons (Fsp3) is 0.333. The molecule has 0 bridgehead atoms. The molecule has 1 aliphatic rings. The number of hydrogen-bond acceptors (Lipinski definition) is 5. The highest BCUT2D eigenvalue weighted by atomic mass is 32.1. The molecule has 3 aromatic rings. The van der Waals surface area contributed by atoms with Gasteiger partial charge in [0.1, 0.15) is 0 Å². The molecule has 0 unspecified atom stereocenters. The van der Waals surface area contributed by atoms with Gasteiger partial charge in [-0.15, -0.1) is 11.3 Å². The van der Waals surface area contributed by atoms with Crippen LogP contribution in [0.25, 0.3) is 10.4 Å². The van der Waals surface area contributed by atoms with Gasteiger partial charge in [-0.25, -0.2) is 9.80 Å². The Balaban J connectivity index is 1.69. The van der Waals surface area contributed by atoms with Crippen molar-refractivity contribution in [2.75, 3.05) is 0 Å². The molecule has 0 saturated heterocycles. The highest BCUT2D eigenvalue weighted by Gasteiger charge is 2.33. The lowest BCUT2D eigenvalue weighted by Gasteiger charge is -2.29. The maximum Gasteiger partial charge on any atom is 0.337 e. The van der Waals surface area contributed by atoms with Crippen molar-refractivity contribution in [1.82, 2.24) is 9.99 Å². The molecule has 2 aromatic heterocycles. The van der Waals surface area contributed by atoms with E-state index in [-0.39, 0.29) is 5.41 Å². The van der Waals surface area contributed by atoms with Crippen LogP contribution in [0.2, 0.25) is 0 Å². The van der Waals surface area contributed by atoms with Crippen molar-refractivity contribution < 1.29 is 9.90 Å². The Morgan fingerprint density at radius 1 is 1.23 bits per heavy atom. The summed E-state index contributed by atoms with van der Waals surface area (Å²) in [7, 11) is 0. The van der Waals surface area contributed by atoms with Crippen LogP contribution >= 0.6 is 11.3 Å². The molecule has 4 rings (SSSR count). The van der Waals surface area contributed by atoms with Crippen LogP contribution in [0.1, 0.15) is 52.2 Å². The summed E-state index contributed by atoms with van der Waals surface area (Å²) in [6.45, 7) is 5.54. The van der Waals surface area contributed by atoms with Crippen LogP contribution in [0.4, 0.5) is 0 Å². The number of carbonyl (C=O) groups is 1. The average Bonchev–Trinajstić information content (AvgIpc) is 3.06. The van der Waals surface area contributed by atoms with E-state index in [4.69, 9.17) is 5.84 Å². The molecule has 1 aromatic carbocycles. The summed E-state index contributed by atoms with van der Waals surface area (Å²) in [5.74, 6) is 5.47. The molecule has 2 heterocycles. The van der Waals surface area contributed by atoms with E-state index in [2.05, 4.69) is 18.8 Å². The lowest BCUT2D eigenvalue weighted by molar-refractivity contribution is 0.0696. The first-order valence-corrected chi connectivity index (χ1v) is 11.0. The van der Waals surface area contributed by atoms with E-state index in [0.29, 0.717) is 18.7 Å². The van der Waals surface area contributed by atoms with E-state index in [9.17, 15) is 9.90 Å². The van der Waals surface area contributed by atoms with Gasteiger partial charge in [0, 0.05) is 35.2 Å². The minimum absolute atomic E-state index is 0.132. The molecule has 0 fully saturated rings. The molecule has 156 valence electrons. The van der Waals surface area contributed by atoms with Gasteiger partial charge in [0.15, 0.2) is 0 Å². The van der Waals surface area contributed by atoms with Gasteiger partial charge in [0.05, 0.1) is 5.56 Å². The Kier molecular flexibility index (Phi) is 5.73. The molecule has 1 aliphatic carbocycles. The maximum atomic E-state index is 12.3. The van der Waals surface area contributed by atoms with Crippen LogP contribution in [0, 0.1) is 5.41 Å². The molecule has 0 aliphatic heterocycles. The second-order valence-electron chi connectivity index (χ2n) is 8.78. The molecule has 0 spiro atoms. The molecule has 3 N–H and O–H groups in total. The van der Waals surface area contributed by atoms with Crippen LogP contribution in [0.5, 0.6) is 0 Å². The van der Waals surface area contributed by atoms with Crippen molar-refractivity contribution in [1.29, 1.82) is 0 Å². The zero-order valence-corrected chi connectivity index (χ0v) is 18.2. The molecule has 0 atom stereocenters. The van der Waals surface area contributed by atoms with Gasteiger partial charge in [0.2, 0.25) is 0 Å². The van der Waals surface area contributed by atoms with E-state index < -0.39 is 5.97 Å². The second-order valence-corrected chi connectivity index (χ2v) is 9.88. The van der Waals surface area contributed by atoms with Gasteiger partial charge in [-0.3, -0.25) is 10.8 Å². The highest BCUT2D eigenvalue weighted by molar-refractivity contribution is 7.16. The Labute approximate surface area is 181 Å². The van der Waals surface area contributed by atoms with Crippen LogP contribution in [-0.2, 0) is 25.9 Å². The number of fused-ring (bicyclic) bond motifs is 1. The molecule has 0 amide bonds. The molecular weight excluding hydrogens is 394 g/mol. The van der Waals surface area contributed by atoms with E-state index >= 15 is 0 Å². The number of nitrogens with zero attached hydrogens (tertiary/aromatic N) is 2. The number of nitrogens with two attached hydrogens (primary N) is 1. The molecule has 5 nitrogen and oxygen atoms in total. The third-order valence-electron chi connectivity index (χ3n) is 5.73. The summed E-state index contributed by atoms with van der Waals surface area (Å²) in [6.07, 6.45) is 6.39. The van der Waals surface area contributed by atoms with Crippen molar-refractivity contribution in [2.24, 2.45) is 11.3 Å². The quantitative estimate of drug-likeness (QED) is 0.437. The Morgan fingerprint density at radius 3 is 2.77 bits per heavy atom. The maximum absolute atomic E-state index is 12.3. The largest absolute Gasteiger partial charge is 0.478 e. The van der Waals surface area contributed by atoms with Crippen molar-refractivity contribution >= 4 is 17.3 Å². The van der Waals surface area contributed by atoms with E-state index in [1.165, 1.54) is 4.88 Å². The van der Waals surface area contributed by atoms with Crippen LogP contribution in [0.3, 0.4) is 0 Å². The van der Waals surface area contributed by atoms with E-state index in [0.717, 1.165) is 46.4 Å². The summed E-state index contributed by atoms with van der Waals surface area (Å²) in [6, 6.07) is 11.9. The predicted molar refractivity (Wildman–Crippen MR) is 120 cm³/mol. The molecule has 0 radical (unpaired) electrons. The highest BCUT2D eigenvalue weighted by Crippen LogP contribution is 2.45. The van der Waals surface area contributed by atoms with Gasteiger partial charge < -0.3 is 5.11 Å². The fourth-order valence-corrected chi connectivity index (χ4v) is 5.59. The molecule has 0 saturated carbocycles. The third kappa shape index (κ3) is 4.31. The van der Waals surface area contributed by atoms with Gasteiger partial charge in [-0.2, -0.15) is 0 Å². The number of pyridine rings is 1. The van der Waals surface area contributed by atoms with Crippen molar-refractivity contribution in [3.05, 3.63) is 75.9 Å². The summed E-state index contributed by atoms with van der Waals surface area (Å²) in [4.78, 5) is 18.5. The zero-order valence-electron chi connectivity index (χ0n) is 17.4. The molecule has 30 heavy (non-hydrogen) atoms. The lowest BCUT2D eigenvalue weighted by atomic mass is 9.76. The van der Waals surface area contributed by atoms with Gasteiger partial charge in [-0.05, 0) is 53.0 Å². The summed E-state index contributed by atoms with van der Waals surface area (Å²) in [5, 5.41) is 11.8. The number of rotatable bonds is 6. The first-order chi connectivity index (χ1) is 14.3. The monoisotopic (exact) mass is 421 g/mol. The fourth-order valence-electron chi connectivity index (χ4n) is 4.22. The molecule has 6 heteroatoms. The number of hydrogen-bond donors (Lipinski definition) is 2. The normalized spacial score (nSPS) is 15.2. The van der Waals surface area contributed by atoms with Crippen molar-refractivity contribution in [3.63, 3.8) is 0 Å². The van der Waals surface area contributed by atoms with Crippen LogP contribution < -0.4 is 5.84 Å². The minimum Gasteiger partial charge on any atom is -0.478 e. The number of carboxylic acid groups (broad SMARTS) is 1. The first-order valence-electron chi connectivity index (χ1n) is 10.2. The molecular formula is C24H27N3O2S. The van der Waals surface area contributed by atoms with Crippen molar-refractivity contribution in [3.8, 4) is 10.4 Å². The zero-order chi connectivity index (χ0) is 21.3. The second kappa shape index (κ2) is 8.30. The minimum atomic E-state index is -0.838. The first kappa shape index (κ1) is 20.7.